The summed E-state index contributed by atoms with van der Waals surface area (Å²) in [7, 11) is 0. The zero-order valence-corrected chi connectivity index (χ0v) is 12.3. The molecule has 4 nitrogen and oxygen atoms in total. The third-order valence-electron chi connectivity index (χ3n) is 3.73. The van der Waals surface area contributed by atoms with Gasteiger partial charge in [0.1, 0.15) is 0 Å². The van der Waals surface area contributed by atoms with E-state index in [2.05, 4.69) is 10.2 Å². The minimum absolute atomic E-state index is 0.0413. The van der Waals surface area contributed by atoms with Gasteiger partial charge in [0.2, 0.25) is 5.91 Å². The van der Waals surface area contributed by atoms with Crippen LogP contribution in [0.1, 0.15) is 25.7 Å². The van der Waals surface area contributed by atoms with Gasteiger partial charge in [0.25, 0.3) is 0 Å². The number of carbonyl (C=O) groups excluding carboxylic acids is 1. The highest BCUT2D eigenvalue weighted by molar-refractivity contribution is 6.33. The molecule has 1 amide bonds. The van der Waals surface area contributed by atoms with E-state index < -0.39 is 0 Å². The SMILES string of the molecule is O=C(CCN1CCCCC1CO)Nc1ccccc1Cl. The molecule has 0 aliphatic carbocycles. The van der Waals surface area contributed by atoms with Gasteiger partial charge < -0.3 is 10.4 Å². The number of benzene rings is 1. The van der Waals surface area contributed by atoms with E-state index >= 15 is 0 Å². The molecule has 1 atom stereocenters. The maximum Gasteiger partial charge on any atom is 0.225 e. The van der Waals surface area contributed by atoms with Gasteiger partial charge in [-0.25, -0.2) is 0 Å². The second kappa shape index (κ2) is 7.62. The number of aliphatic hydroxyl groups excluding tert-OH is 1. The highest BCUT2D eigenvalue weighted by Crippen LogP contribution is 2.21. The number of nitrogens with zero attached hydrogens (tertiary/aromatic N) is 1. The Labute approximate surface area is 124 Å². The predicted molar refractivity (Wildman–Crippen MR) is 81.0 cm³/mol. The molecule has 0 bridgehead atoms. The van der Waals surface area contributed by atoms with E-state index in [-0.39, 0.29) is 18.6 Å². The summed E-state index contributed by atoms with van der Waals surface area (Å²) >= 11 is 6.00. The van der Waals surface area contributed by atoms with Crippen LogP contribution in [0.15, 0.2) is 24.3 Å². The molecule has 0 radical (unpaired) electrons. The van der Waals surface area contributed by atoms with E-state index in [1.54, 1.807) is 12.1 Å². The van der Waals surface area contributed by atoms with Gasteiger partial charge in [0.05, 0.1) is 17.3 Å². The average molecular weight is 297 g/mol. The molecule has 1 fully saturated rings. The molecular weight excluding hydrogens is 276 g/mol. The second-order valence-corrected chi connectivity index (χ2v) is 5.55. The Kier molecular flexibility index (Phi) is 5.83. The molecule has 1 aromatic carbocycles. The fourth-order valence-electron chi connectivity index (χ4n) is 2.58. The summed E-state index contributed by atoms with van der Waals surface area (Å²) in [6, 6.07) is 7.42. The van der Waals surface area contributed by atoms with Crippen molar-refractivity contribution in [2.45, 2.75) is 31.7 Å². The molecule has 1 aromatic rings. The number of halogens is 1. The zero-order valence-electron chi connectivity index (χ0n) is 11.5. The van der Waals surface area contributed by atoms with Crippen LogP contribution in [-0.2, 0) is 4.79 Å². The van der Waals surface area contributed by atoms with Gasteiger partial charge in [-0.05, 0) is 31.5 Å². The Morgan fingerprint density at radius 2 is 2.20 bits per heavy atom. The minimum Gasteiger partial charge on any atom is -0.395 e. The van der Waals surface area contributed by atoms with E-state index in [9.17, 15) is 9.90 Å². The first-order valence-electron chi connectivity index (χ1n) is 7.10. The molecule has 0 spiro atoms. The fourth-order valence-corrected chi connectivity index (χ4v) is 2.76. The molecule has 2 N–H and O–H groups in total. The third-order valence-corrected chi connectivity index (χ3v) is 4.06. The number of likely N-dealkylation sites (tertiary alicyclic amines) is 1. The summed E-state index contributed by atoms with van der Waals surface area (Å²) in [6.45, 7) is 1.82. The van der Waals surface area contributed by atoms with Crippen LogP contribution >= 0.6 is 11.6 Å². The van der Waals surface area contributed by atoms with Crippen LogP contribution in [0.5, 0.6) is 0 Å². The maximum absolute atomic E-state index is 11.9. The lowest BCUT2D eigenvalue weighted by molar-refractivity contribution is -0.116. The summed E-state index contributed by atoms with van der Waals surface area (Å²) in [5.41, 5.74) is 0.650. The number of hydrogen-bond donors (Lipinski definition) is 2. The van der Waals surface area contributed by atoms with Crippen molar-refractivity contribution < 1.29 is 9.90 Å². The van der Waals surface area contributed by atoms with Crippen LogP contribution in [0.2, 0.25) is 5.02 Å². The number of amides is 1. The molecule has 1 heterocycles. The number of hydrogen-bond acceptors (Lipinski definition) is 3. The zero-order chi connectivity index (χ0) is 14.4. The normalized spacial score (nSPS) is 19.8. The topological polar surface area (TPSA) is 52.6 Å². The lowest BCUT2D eigenvalue weighted by atomic mass is 10.0. The standard InChI is InChI=1S/C15H21ClN2O2/c16-13-6-1-2-7-14(13)17-15(20)8-10-18-9-4-3-5-12(18)11-19/h1-2,6-7,12,19H,3-5,8-11H2,(H,17,20). The average Bonchev–Trinajstić information content (AvgIpc) is 2.48. The molecule has 20 heavy (non-hydrogen) atoms. The Hall–Kier alpha value is -1.10. The predicted octanol–water partition coefficient (Wildman–Crippen LogP) is 2.52. The molecule has 110 valence electrons. The van der Waals surface area contributed by atoms with Crippen LogP contribution in [-0.4, -0.2) is 41.7 Å². The number of piperidine rings is 1. The smallest absolute Gasteiger partial charge is 0.225 e. The van der Waals surface area contributed by atoms with Crippen LogP contribution < -0.4 is 5.32 Å². The summed E-state index contributed by atoms with van der Waals surface area (Å²) in [5, 5.41) is 12.7. The van der Waals surface area contributed by atoms with Crippen LogP contribution in [0, 0.1) is 0 Å². The maximum atomic E-state index is 11.9. The quantitative estimate of drug-likeness (QED) is 0.878. The van der Waals surface area contributed by atoms with Crippen molar-refractivity contribution in [3.63, 3.8) is 0 Å². The number of carbonyl (C=O) groups is 1. The van der Waals surface area contributed by atoms with Gasteiger partial charge in [-0.15, -0.1) is 0 Å². The van der Waals surface area contributed by atoms with E-state index in [4.69, 9.17) is 11.6 Å². The Balaban J connectivity index is 1.81. The number of nitrogens with one attached hydrogen (secondary N) is 1. The number of rotatable bonds is 5. The molecule has 0 aromatic heterocycles. The summed E-state index contributed by atoms with van der Waals surface area (Å²) in [4.78, 5) is 14.1. The first-order valence-corrected chi connectivity index (χ1v) is 7.48. The van der Waals surface area contributed by atoms with Gasteiger partial charge in [-0.2, -0.15) is 0 Å². The monoisotopic (exact) mass is 296 g/mol. The van der Waals surface area contributed by atoms with Crippen molar-refractivity contribution in [1.29, 1.82) is 0 Å². The van der Waals surface area contributed by atoms with E-state index in [1.165, 1.54) is 0 Å². The van der Waals surface area contributed by atoms with E-state index in [1.807, 2.05) is 12.1 Å². The van der Waals surface area contributed by atoms with Crippen molar-refractivity contribution in [3.05, 3.63) is 29.3 Å². The number of aliphatic hydroxyl groups is 1. The Bertz CT molecular complexity index is 453. The lowest BCUT2D eigenvalue weighted by Gasteiger charge is -2.34. The van der Waals surface area contributed by atoms with Crippen molar-refractivity contribution in [1.82, 2.24) is 4.90 Å². The summed E-state index contributed by atoms with van der Waals surface area (Å²) in [5.74, 6) is -0.0413. The lowest BCUT2D eigenvalue weighted by Crippen LogP contribution is -2.43. The molecule has 1 aliphatic rings. The summed E-state index contributed by atoms with van der Waals surface area (Å²) in [6.07, 6.45) is 3.74. The van der Waals surface area contributed by atoms with Gasteiger partial charge in [-0.1, -0.05) is 30.2 Å². The van der Waals surface area contributed by atoms with Crippen molar-refractivity contribution >= 4 is 23.2 Å². The molecule has 1 unspecified atom stereocenters. The molecule has 0 saturated carbocycles. The van der Waals surface area contributed by atoms with Gasteiger partial charge in [-0.3, -0.25) is 9.69 Å². The van der Waals surface area contributed by atoms with Crippen molar-refractivity contribution in [2.75, 3.05) is 25.0 Å². The first kappa shape index (κ1) is 15.3. The molecule has 1 saturated heterocycles. The highest BCUT2D eigenvalue weighted by Gasteiger charge is 2.21. The third kappa shape index (κ3) is 4.20. The second-order valence-electron chi connectivity index (χ2n) is 5.15. The molecule has 1 aliphatic heterocycles. The molecule has 2 rings (SSSR count). The van der Waals surface area contributed by atoms with Gasteiger partial charge in [0, 0.05) is 19.0 Å². The van der Waals surface area contributed by atoms with Crippen LogP contribution in [0.25, 0.3) is 0 Å². The van der Waals surface area contributed by atoms with E-state index in [0.717, 1.165) is 25.8 Å². The number of para-hydroxylation sites is 1. The Morgan fingerprint density at radius 3 is 2.95 bits per heavy atom. The van der Waals surface area contributed by atoms with Gasteiger partial charge in [0.15, 0.2) is 0 Å². The fraction of sp³-hybridized carbons (Fsp3) is 0.533. The van der Waals surface area contributed by atoms with Crippen LogP contribution in [0.4, 0.5) is 5.69 Å². The molecule has 5 heteroatoms. The highest BCUT2D eigenvalue weighted by atomic mass is 35.5. The number of anilines is 1. The summed E-state index contributed by atoms with van der Waals surface area (Å²) < 4.78 is 0. The minimum atomic E-state index is -0.0413. The largest absolute Gasteiger partial charge is 0.395 e. The van der Waals surface area contributed by atoms with Crippen molar-refractivity contribution in [3.8, 4) is 0 Å². The van der Waals surface area contributed by atoms with Gasteiger partial charge >= 0.3 is 0 Å². The first-order chi connectivity index (χ1) is 9.70. The van der Waals surface area contributed by atoms with Crippen molar-refractivity contribution in [2.24, 2.45) is 0 Å². The van der Waals surface area contributed by atoms with E-state index in [0.29, 0.717) is 23.7 Å². The Morgan fingerprint density at radius 1 is 1.40 bits per heavy atom. The molecular formula is C15H21ClN2O2. The van der Waals surface area contributed by atoms with Crippen LogP contribution in [0.3, 0.4) is 0 Å².